The monoisotopic (exact) mass is 426 g/mol. The molecule has 0 aliphatic heterocycles. The van der Waals surface area contributed by atoms with Gasteiger partial charge in [-0.05, 0) is 35.4 Å². The molecule has 5 aromatic rings. The molecule has 0 radical (unpaired) electrons. The lowest BCUT2D eigenvalue weighted by Crippen LogP contribution is -3.00. The number of rotatable bonds is 3. The summed E-state index contributed by atoms with van der Waals surface area (Å²) in [7, 11) is 2.02. The summed E-state index contributed by atoms with van der Waals surface area (Å²) in [6.07, 6.45) is 0. The number of hydrogen-bond donors (Lipinski definition) is 0. The summed E-state index contributed by atoms with van der Waals surface area (Å²) in [6.45, 7) is 0. The van der Waals surface area contributed by atoms with Crippen molar-refractivity contribution in [2.75, 3.05) is 0 Å². The Bertz CT molecular complexity index is 1430. The van der Waals surface area contributed by atoms with E-state index in [4.69, 9.17) is 0 Å². The average molecular weight is 427 g/mol. The molecular weight excluding hydrogens is 408 g/mol. The molecule has 4 nitrogen and oxygen atoms in total. The number of benzene rings is 4. The molecule has 0 aliphatic carbocycles. The van der Waals surface area contributed by atoms with Crippen molar-refractivity contribution in [1.29, 1.82) is 0 Å². The molecule has 0 fully saturated rings. The van der Waals surface area contributed by atoms with Crippen LogP contribution >= 0.6 is 0 Å². The molecule has 5 rings (SSSR count). The standard InChI is InChI=1S/C26H19N2O2.ClH/c1-27-25-13-6-5-12-23(25)22-15-14-21(28(29)30)17-24(22)26(27)20-11-7-10-19(16-20)18-8-3-2-4-9-18;/h2-17H,1H3;1H/q+1;/p-1. The third-order valence-electron chi connectivity index (χ3n) is 5.60. The average Bonchev–Trinajstić information content (AvgIpc) is 2.80. The summed E-state index contributed by atoms with van der Waals surface area (Å²) in [4.78, 5) is 11.1. The van der Waals surface area contributed by atoms with Crippen molar-refractivity contribution in [2.45, 2.75) is 0 Å². The normalized spacial score (nSPS) is 10.7. The molecule has 5 heteroatoms. The summed E-state index contributed by atoms with van der Waals surface area (Å²) < 4.78 is 2.13. The van der Waals surface area contributed by atoms with Gasteiger partial charge in [-0.1, -0.05) is 54.6 Å². The Morgan fingerprint density at radius 2 is 1.35 bits per heavy atom. The van der Waals surface area contributed by atoms with E-state index in [1.54, 1.807) is 12.1 Å². The Labute approximate surface area is 186 Å². The fourth-order valence-electron chi connectivity index (χ4n) is 4.20. The Morgan fingerprint density at radius 1 is 0.677 bits per heavy atom. The highest BCUT2D eigenvalue weighted by Gasteiger charge is 2.22. The minimum absolute atomic E-state index is 0. The molecule has 31 heavy (non-hydrogen) atoms. The van der Waals surface area contributed by atoms with E-state index < -0.39 is 0 Å². The first-order chi connectivity index (χ1) is 14.6. The van der Waals surface area contributed by atoms with Crippen molar-refractivity contribution in [3.8, 4) is 22.4 Å². The third-order valence-corrected chi connectivity index (χ3v) is 5.60. The predicted octanol–water partition coefficient (Wildman–Crippen LogP) is 3.06. The second-order valence-electron chi connectivity index (χ2n) is 7.36. The van der Waals surface area contributed by atoms with Crippen LogP contribution in [0.25, 0.3) is 44.1 Å². The summed E-state index contributed by atoms with van der Waals surface area (Å²) in [6, 6.07) is 31.9. The van der Waals surface area contributed by atoms with E-state index in [9.17, 15) is 10.1 Å². The number of para-hydroxylation sites is 1. The second kappa shape index (κ2) is 8.17. The van der Waals surface area contributed by atoms with Gasteiger partial charge in [-0.15, -0.1) is 0 Å². The van der Waals surface area contributed by atoms with E-state index in [1.165, 1.54) is 0 Å². The van der Waals surface area contributed by atoms with Crippen LogP contribution in [0.4, 0.5) is 5.69 Å². The predicted molar refractivity (Wildman–Crippen MR) is 120 cm³/mol. The molecule has 0 saturated carbocycles. The molecule has 0 bridgehead atoms. The lowest BCUT2D eigenvalue weighted by Gasteiger charge is -2.11. The first kappa shape index (κ1) is 20.5. The molecular formula is C26H19ClN2O2. The SMILES string of the molecule is C[n+]1c(-c2cccc(-c3ccccc3)c2)c2cc([N+](=O)[O-])ccc2c2ccccc21.[Cl-]. The molecule has 0 amide bonds. The maximum Gasteiger partial charge on any atom is 0.270 e. The maximum absolute atomic E-state index is 11.5. The molecule has 0 saturated heterocycles. The van der Waals surface area contributed by atoms with Gasteiger partial charge in [-0.3, -0.25) is 10.1 Å². The number of nitro benzene ring substituents is 1. The molecule has 152 valence electrons. The highest BCUT2D eigenvalue weighted by Crippen LogP contribution is 2.34. The highest BCUT2D eigenvalue weighted by atomic mass is 35.5. The van der Waals surface area contributed by atoms with Crippen molar-refractivity contribution in [3.05, 3.63) is 107 Å². The lowest BCUT2D eigenvalue weighted by atomic mass is 9.96. The van der Waals surface area contributed by atoms with Gasteiger partial charge in [0.05, 0.1) is 15.7 Å². The van der Waals surface area contributed by atoms with E-state index in [1.807, 2.05) is 49.5 Å². The Hall–Kier alpha value is -3.76. The van der Waals surface area contributed by atoms with Gasteiger partial charge in [-0.2, -0.15) is 4.57 Å². The molecule has 0 spiro atoms. The number of nitro groups is 1. The van der Waals surface area contributed by atoms with Crippen LogP contribution in [-0.2, 0) is 7.05 Å². The lowest BCUT2D eigenvalue weighted by molar-refractivity contribution is -0.632. The second-order valence-corrected chi connectivity index (χ2v) is 7.36. The van der Waals surface area contributed by atoms with E-state index in [0.717, 1.165) is 44.1 Å². The zero-order valence-corrected chi connectivity index (χ0v) is 17.6. The number of fused-ring (bicyclic) bond motifs is 3. The van der Waals surface area contributed by atoms with Crippen LogP contribution in [0.1, 0.15) is 0 Å². The van der Waals surface area contributed by atoms with Crippen LogP contribution in [0.3, 0.4) is 0 Å². The van der Waals surface area contributed by atoms with Crippen molar-refractivity contribution in [3.63, 3.8) is 0 Å². The molecule has 1 aromatic heterocycles. The van der Waals surface area contributed by atoms with Crippen molar-refractivity contribution in [2.24, 2.45) is 7.05 Å². The van der Waals surface area contributed by atoms with Gasteiger partial charge in [0.25, 0.3) is 5.69 Å². The molecule has 0 unspecified atom stereocenters. The number of aromatic nitrogens is 1. The smallest absolute Gasteiger partial charge is 0.270 e. The fourth-order valence-corrected chi connectivity index (χ4v) is 4.20. The van der Waals surface area contributed by atoms with E-state index in [0.29, 0.717) is 0 Å². The number of hydrogen-bond acceptors (Lipinski definition) is 2. The van der Waals surface area contributed by atoms with Crippen LogP contribution in [-0.4, -0.2) is 4.92 Å². The van der Waals surface area contributed by atoms with E-state index >= 15 is 0 Å². The van der Waals surface area contributed by atoms with Crippen LogP contribution < -0.4 is 17.0 Å². The van der Waals surface area contributed by atoms with Gasteiger partial charge in [-0.25, -0.2) is 0 Å². The first-order valence-electron chi connectivity index (χ1n) is 9.78. The van der Waals surface area contributed by atoms with Crippen LogP contribution in [0.15, 0.2) is 97.1 Å². The topological polar surface area (TPSA) is 47.0 Å². The van der Waals surface area contributed by atoms with Gasteiger partial charge in [0.15, 0.2) is 0 Å². The maximum atomic E-state index is 11.5. The minimum Gasteiger partial charge on any atom is -1.00 e. The summed E-state index contributed by atoms with van der Waals surface area (Å²) in [5.41, 5.74) is 5.41. The van der Waals surface area contributed by atoms with Crippen molar-refractivity contribution >= 4 is 27.4 Å². The zero-order valence-electron chi connectivity index (χ0n) is 16.8. The molecule has 1 heterocycles. The number of nitrogens with zero attached hydrogens (tertiary/aromatic N) is 2. The number of halogens is 1. The summed E-state index contributed by atoms with van der Waals surface area (Å²) in [5.74, 6) is 0. The number of non-ortho nitro benzene ring substituents is 1. The number of pyridine rings is 1. The van der Waals surface area contributed by atoms with Gasteiger partial charge in [0.1, 0.15) is 7.05 Å². The van der Waals surface area contributed by atoms with Crippen molar-refractivity contribution < 1.29 is 21.9 Å². The Morgan fingerprint density at radius 3 is 2.13 bits per heavy atom. The highest BCUT2D eigenvalue weighted by molar-refractivity contribution is 6.09. The Balaban J connectivity index is 0.00000231. The van der Waals surface area contributed by atoms with Crippen LogP contribution in [0.2, 0.25) is 0 Å². The molecule has 0 aliphatic rings. The molecule has 0 atom stereocenters. The van der Waals surface area contributed by atoms with Crippen LogP contribution in [0.5, 0.6) is 0 Å². The fraction of sp³-hybridized carbons (Fsp3) is 0.0385. The van der Waals surface area contributed by atoms with Crippen molar-refractivity contribution in [1.82, 2.24) is 0 Å². The van der Waals surface area contributed by atoms with Gasteiger partial charge >= 0.3 is 0 Å². The van der Waals surface area contributed by atoms with Gasteiger partial charge < -0.3 is 12.4 Å². The quantitative estimate of drug-likeness (QED) is 0.193. The minimum atomic E-state index is -0.335. The molecule has 4 aromatic carbocycles. The third kappa shape index (κ3) is 3.51. The van der Waals surface area contributed by atoms with E-state index in [2.05, 4.69) is 47.0 Å². The van der Waals surface area contributed by atoms with E-state index in [-0.39, 0.29) is 23.0 Å². The largest absolute Gasteiger partial charge is 1.00 e. The van der Waals surface area contributed by atoms with Gasteiger partial charge in [0.2, 0.25) is 11.2 Å². The van der Waals surface area contributed by atoms with Crippen LogP contribution in [0, 0.1) is 10.1 Å². The van der Waals surface area contributed by atoms with Gasteiger partial charge in [0, 0.05) is 29.1 Å². The summed E-state index contributed by atoms with van der Waals surface area (Å²) in [5, 5.41) is 14.4. The first-order valence-corrected chi connectivity index (χ1v) is 9.78. The number of aryl methyl sites for hydroxylation is 1. The zero-order chi connectivity index (χ0) is 20.7. The summed E-state index contributed by atoms with van der Waals surface area (Å²) >= 11 is 0. The molecule has 0 N–H and O–H groups in total. The Kier molecular flexibility index (Phi) is 5.40.